The molecule has 0 aromatic heterocycles. The first kappa shape index (κ1) is 17.2. The van der Waals surface area contributed by atoms with Crippen molar-refractivity contribution < 1.29 is 9.53 Å². The van der Waals surface area contributed by atoms with Crippen molar-refractivity contribution in [1.29, 1.82) is 0 Å². The summed E-state index contributed by atoms with van der Waals surface area (Å²) in [4.78, 5) is 17.8. The minimum Gasteiger partial charge on any atom is -0.373 e. The normalized spacial score (nSPS) is 37.0. The van der Waals surface area contributed by atoms with E-state index in [-0.39, 0.29) is 18.2 Å². The molecule has 0 saturated carbocycles. The van der Waals surface area contributed by atoms with Gasteiger partial charge in [-0.25, -0.2) is 0 Å². The Balaban J connectivity index is 1.71. The predicted octanol–water partition coefficient (Wildman–Crippen LogP) is 1.47. The third-order valence-electron chi connectivity index (χ3n) is 5.56. The van der Waals surface area contributed by atoms with E-state index in [1.807, 2.05) is 0 Å². The lowest BCUT2D eigenvalue weighted by molar-refractivity contribution is -0.145. The molecule has 1 amide bonds. The Morgan fingerprint density at radius 3 is 2.35 bits per heavy atom. The number of morpholine rings is 1. The zero-order valence-electron chi connectivity index (χ0n) is 15.1. The van der Waals surface area contributed by atoms with E-state index in [9.17, 15) is 4.79 Å². The second-order valence-electron chi connectivity index (χ2n) is 8.11. The highest BCUT2D eigenvalue weighted by Crippen LogP contribution is 2.24. The van der Waals surface area contributed by atoms with E-state index in [1.165, 1.54) is 12.8 Å². The third-order valence-corrected chi connectivity index (χ3v) is 5.56. The number of carbonyl (C=O) groups is 1. The maximum absolute atomic E-state index is 13.3. The monoisotopic (exact) mass is 323 g/mol. The molecule has 5 unspecified atom stereocenters. The molecular formula is C18H33N3O2. The van der Waals surface area contributed by atoms with Gasteiger partial charge in [0, 0.05) is 38.3 Å². The van der Waals surface area contributed by atoms with Crippen molar-refractivity contribution in [1.82, 2.24) is 15.1 Å². The van der Waals surface area contributed by atoms with Crippen molar-refractivity contribution in [3.05, 3.63) is 0 Å². The van der Waals surface area contributed by atoms with Crippen LogP contribution in [0.5, 0.6) is 0 Å². The lowest BCUT2D eigenvalue weighted by Gasteiger charge is -2.42. The number of ether oxygens (including phenoxy) is 1. The largest absolute Gasteiger partial charge is 0.373 e. The Labute approximate surface area is 140 Å². The number of rotatable bonds is 3. The van der Waals surface area contributed by atoms with Crippen LogP contribution in [-0.2, 0) is 9.53 Å². The molecule has 5 heteroatoms. The van der Waals surface area contributed by atoms with Gasteiger partial charge in [0.15, 0.2) is 0 Å². The molecule has 3 fully saturated rings. The van der Waals surface area contributed by atoms with Crippen molar-refractivity contribution in [2.45, 2.75) is 77.3 Å². The van der Waals surface area contributed by atoms with E-state index in [0.29, 0.717) is 23.9 Å². The molecule has 132 valence electrons. The number of nitrogens with one attached hydrogen (secondary N) is 1. The number of hydrogen-bond acceptors (Lipinski definition) is 4. The third kappa shape index (κ3) is 3.89. The number of likely N-dealkylation sites (tertiary alicyclic amines) is 1. The highest BCUT2D eigenvalue weighted by molar-refractivity contribution is 5.82. The standard InChI is InChI=1S/C18H33N3O2/c1-12(2)17(21-9-13(3)23-14(4)10-21)18(22)20-8-7-15-5-6-16(11-20)19-15/h12-17,19H,5-11H2,1-4H3. The van der Waals surface area contributed by atoms with Gasteiger partial charge >= 0.3 is 0 Å². The molecular weight excluding hydrogens is 290 g/mol. The summed E-state index contributed by atoms with van der Waals surface area (Å²) < 4.78 is 5.86. The Bertz CT molecular complexity index is 418. The highest BCUT2D eigenvalue weighted by Gasteiger charge is 2.38. The Kier molecular flexibility index (Phi) is 5.29. The minimum absolute atomic E-state index is 0.0135. The van der Waals surface area contributed by atoms with Crippen molar-refractivity contribution in [2.75, 3.05) is 26.2 Å². The second kappa shape index (κ2) is 7.08. The summed E-state index contributed by atoms with van der Waals surface area (Å²) in [6.45, 7) is 12.1. The summed E-state index contributed by atoms with van der Waals surface area (Å²) in [6.07, 6.45) is 4.00. The molecule has 3 heterocycles. The van der Waals surface area contributed by atoms with Gasteiger partial charge in [0.2, 0.25) is 5.91 Å². The zero-order valence-corrected chi connectivity index (χ0v) is 15.1. The molecule has 0 aliphatic carbocycles. The minimum atomic E-state index is -0.0135. The van der Waals surface area contributed by atoms with Gasteiger partial charge in [0.1, 0.15) is 0 Å². The molecule has 3 aliphatic heterocycles. The maximum atomic E-state index is 13.3. The lowest BCUT2D eigenvalue weighted by Crippen LogP contribution is -2.58. The summed E-state index contributed by atoms with van der Waals surface area (Å²) in [5.74, 6) is 0.657. The van der Waals surface area contributed by atoms with E-state index in [4.69, 9.17) is 4.74 Å². The average molecular weight is 323 g/mol. The van der Waals surface area contributed by atoms with Gasteiger partial charge in [-0.3, -0.25) is 9.69 Å². The van der Waals surface area contributed by atoms with E-state index >= 15 is 0 Å². The Morgan fingerprint density at radius 2 is 1.70 bits per heavy atom. The quantitative estimate of drug-likeness (QED) is 0.854. The van der Waals surface area contributed by atoms with Gasteiger partial charge in [-0.15, -0.1) is 0 Å². The first-order valence-electron chi connectivity index (χ1n) is 9.38. The van der Waals surface area contributed by atoms with Crippen molar-refractivity contribution in [3.63, 3.8) is 0 Å². The van der Waals surface area contributed by atoms with Crippen molar-refractivity contribution >= 4 is 5.91 Å². The van der Waals surface area contributed by atoms with E-state index in [2.05, 4.69) is 42.8 Å². The van der Waals surface area contributed by atoms with Crippen LogP contribution in [0.3, 0.4) is 0 Å². The van der Waals surface area contributed by atoms with Crippen LogP contribution < -0.4 is 5.32 Å². The zero-order chi connectivity index (χ0) is 16.6. The fourth-order valence-electron chi connectivity index (χ4n) is 4.64. The average Bonchev–Trinajstić information content (AvgIpc) is 2.76. The number of amides is 1. The number of nitrogens with zero attached hydrogens (tertiary/aromatic N) is 2. The fourth-order valence-corrected chi connectivity index (χ4v) is 4.64. The summed E-state index contributed by atoms with van der Waals surface area (Å²) in [7, 11) is 0. The number of carbonyl (C=O) groups excluding carboxylic acids is 1. The number of hydrogen-bond donors (Lipinski definition) is 1. The number of fused-ring (bicyclic) bond motifs is 2. The van der Waals surface area contributed by atoms with Crippen LogP contribution in [0.1, 0.15) is 47.0 Å². The van der Waals surface area contributed by atoms with Crippen LogP contribution >= 0.6 is 0 Å². The van der Waals surface area contributed by atoms with Gasteiger partial charge in [0.25, 0.3) is 0 Å². The first-order chi connectivity index (χ1) is 10.9. The van der Waals surface area contributed by atoms with Crippen molar-refractivity contribution in [3.8, 4) is 0 Å². The van der Waals surface area contributed by atoms with E-state index < -0.39 is 0 Å². The van der Waals surface area contributed by atoms with Gasteiger partial charge in [-0.2, -0.15) is 0 Å². The van der Waals surface area contributed by atoms with Gasteiger partial charge in [0.05, 0.1) is 18.2 Å². The van der Waals surface area contributed by atoms with E-state index in [0.717, 1.165) is 32.6 Å². The molecule has 5 nitrogen and oxygen atoms in total. The fraction of sp³-hybridized carbons (Fsp3) is 0.944. The maximum Gasteiger partial charge on any atom is 0.240 e. The van der Waals surface area contributed by atoms with Gasteiger partial charge in [-0.1, -0.05) is 13.8 Å². The molecule has 3 saturated heterocycles. The van der Waals surface area contributed by atoms with Gasteiger partial charge < -0.3 is 15.0 Å². The molecule has 5 atom stereocenters. The molecule has 0 radical (unpaired) electrons. The van der Waals surface area contributed by atoms with Crippen LogP contribution in [-0.4, -0.2) is 72.2 Å². The smallest absolute Gasteiger partial charge is 0.240 e. The molecule has 0 aromatic rings. The topological polar surface area (TPSA) is 44.8 Å². The second-order valence-corrected chi connectivity index (χ2v) is 8.11. The van der Waals surface area contributed by atoms with Crippen molar-refractivity contribution in [2.24, 2.45) is 5.92 Å². The Hall–Kier alpha value is -0.650. The van der Waals surface area contributed by atoms with Crippen LogP contribution in [0.15, 0.2) is 0 Å². The molecule has 3 aliphatic rings. The summed E-state index contributed by atoms with van der Waals surface area (Å²) in [5, 5.41) is 3.67. The van der Waals surface area contributed by atoms with E-state index in [1.54, 1.807) is 0 Å². The summed E-state index contributed by atoms with van der Waals surface area (Å²) >= 11 is 0. The van der Waals surface area contributed by atoms with Crippen LogP contribution in [0.25, 0.3) is 0 Å². The van der Waals surface area contributed by atoms with Gasteiger partial charge in [-0.05, 0) is 39.0 Å². The van der Waals surface area contributed by atoms with Crippen LogP contribution in [0.4, 0.5) is 0 Å². The molecule has 2 bridgehead atoms. The highest BCUT2D eigenvalue weighted by atomic mass is 16.5. The van der Waals surface area contributed by atoms with Crippen LogP contribution in [0.2, 0.25) is 0 Å². The molecule has 3 rings (SSSR count). The molecule has 1 N–H and O–H groups in total. The predicted molar refractivity (Wildman–Crippen MR) is 91.4 cm³/mol. The van der Waals surface area contributed by atoms with Crippen LogP contribution in [0, 0.1) is 5.92 Å². The first-order valence-corrected chi connectivity index (χ1v) is 9.38. The lowest BCUT2D eigenvalue weighted by atomic mass is 9.98. The Morgan fingerprint density at radius 1 is 1.04 bits per heavy atom. The molecule has 23 heavy (non-hydrogen) atoms. The molecule has 0 aromatic carbocycles. The molecule has 0 spiro atoms. The summed E-state index contributed by atoms with van der Waals surface area (Å²) in [5.41, 5.74) is 0. The summed E-state index contributed by atoms with van der Waals surface area (Å²) in [6, 6.07) is 1.11. The SMILES string of the molecule is CC1CN(C(C(=O)N2CCC3CCC(C2)N3)C(C)C)CC(C)O1.